The highest BCUT2D eigenvalue weighted by Crippen LogP contribution is 2.49. The molecule has 4 atom stereocenters. The number of nitrogens with one attached hydrogen (secondary N) is 1. The monoisotopic (exact) mass is 271 g/mol. The third-order valence-electron chi connectivity index (χ3n) is 5.33. The topological polar surface area (TPSA) is 55.6 Å². The SMILES string of the molecule is C[C@@H](Nc1ncnc2c1cnn2C)[C@@H]1C[C@@H]2CC[C@@H]1C2. The first-order valence-corrected chi connectivity index (χ1v) is 7.61. The fourth-order valence-electron chi connectivity index (χ4n) is 4.31. The summed E-state index contributed by atoms with van der Waals surface area (Å²) >= 11 is 0. The minimum Gasteiger partial charge on any atom is -0.367 e. The van der Waals surface area contributed by atoms with Crippen molar-refractivity contribution in [1.29, 1.82) is 0 Å². The first-order chi connectivity index (χ1) is 9.72. The zero-order valence-corrected chi connectivity index (χ0v) is 12.1. The van der Waals surface area contributed by atoms with Gasteiger partial charge in [0.1, 0.15) is 12.1 Å². The van der Waals surface area contributed by atoms with Crippen LogP contribution in [0.25, 0.3) is 11.0 Å². The van der Waals surface area contributed by atoms with Crippen LogP contribution in [0.15, 0.2) is 12.5 Å². The van der Waals surface area contributed by atoms with E-state index in [9.17, 15) is 0 Å². The maximum atomic E-state index is 4.42. The van der Waals surface area contributed by atoms with Crippen LogP contribution in [0, 0.1) is 17.8 Å². The zero-order chi connectivity index (χ0) is 13.7. The minimum absolute atomic E-state index is 0.476. The number of hydrogen-bond donors (Lipinski definition) is 1. The van der Waals surface area contributed by atoms with Crippen LogP contribution in [-0.4, -0.2) is 25.8 Å². The molecule has 2 bridgehead atoms. The van der Waals surface area contributed by atoms with Crippen LogP contribution >= 0.6 is 0 Å². The summed E-state index contributed by atoms with van der Waals surface area (Å²) in [6.07, 6.45) is 9.19. The van der Waals surface area contributed by atoms with Gasteiger partial charge in [-0.1, -0.05) is 6.42 Å². The van der Waals surface area contributed by atoms with Gasteiger partial charge >= 0.3 is 0 Å². The molecule has 0 saturated heterocycles. The Labute approximate surface area is 118 Å². The van der Waals surface area contributed by atoms with Crippen molar-refractivity contribution in [3.8, 4) is 0 Å². The highest BCUT2D eigenvalue weighted by molar-refractivity contribution is 5.86. The summed E-state index contributed by atoms with van der Waals surface area (Å²) in [6.45, 7) is 2.30. The standard InChI is InChI=1S/C15H21N5/c1-9(12-6-10-3-4-11(12)5-10)19-14-13-7-18-20(2)15(13)17-8-16-14/h7-12H,3-6H2,1-2H3,(H,16,17,19)/t9-,10-,11-,12+/m1/s1. The van der Waals surface area contributed by atoms with Crippen molar-refractivity contribution in [3.05, 3.63) is 12.5 Å². The lowest BCUT2D eigenvalue weighted by atomic mass is 9.84. The van der Waals surface area contributed by atoms with Gasteiger partial charge in [0, 0.05) is 13.1 Å². The van der Waals surface area contributed by atoms with Crippen LogP contribution in [0.2, 0.25) is 0 Å². The Morgan fingerprint density at radius 3 is 2.95 bits per heavy atom. The van der Waals surface area contributed by atoms with Gasteiger partial charge in [0.15, 0.2) is 5.65 Å². The molecule has 1 N–H and O–H groups in total. The molecule has 4 rings (SSSR count). The Kier molecular flexibility index (Phi) is 2.69. The summed E-state index contributed by atoms with van der Waals surface area (Å²) < 4.78 is 1.80. The van der Waals surface area contributed by atoms with Crippen molar-refractivity contribution in [2.45, 2.75) is 38.6 Å². The maximum Gasteiger partial charge on any atom is 0.163 e. The second kappa shape index (κ2) is 4.43. The Morgan fingerprint density at radius 1 is 1.30 bits per heavy atom. The molecule has 0 spiro atoms. The molecule has 5 heteroatoms. The van der Waals surface area contributed by atoms with Crippen LogP contribution in [-0.2, 0) is 7.05 Å². The highest BCUT2D eigenvalue weighted by Gasteiger charge is 2.41. The number of aromatic nitrogens is 4. The number of anilines is 1. The number of nitrogens with zero attached hydrogens (tertiary/aromatic N) is 4. The molecule has 2 saturated carbocycles. The van der Waals surface area contributed by atoms with E-state index in [0.717, 1.165) is 34.6 Å². The van der Waals surface area contributed by atoms with Crippen molar-refractivity contribution in [1.82, 2.24) is 19.7 Å². The van der Waals surface area contributed by atoms with Crippen LogP contribution in [0.5, 0.6) is 0 Å². The first-order valence-electron chi connectivity index (χ1n) is 7.61. The average molecular weight is 271 g/mol. The molecular formula is C15H21N5. The molecule has 0 amide bonds. The van der Waals surface area contributed by atoms with Crippen molar-refractivity contribution in [2.24, 2.45) is 24.8 Å². The van der Waals surface area contributed by atoms with Crippen LogP contribution in [0.1, 0.15) is 32.6 Å². The largest absolute Gasteiger partial charge is 0.367 e. The third kappa shape index (κ3) is 1.79. The van der Waals surface area contributed by atoms with Crippen LogP contribution in [0.3, 0.4) is 0 Å². The second-order valence-electron chi connectivity index (χ2n) is 6.50. The van der Waals surface area contributed by atoms with Gasteiger partial charge in [-0.25, -0.2) is 9.97 Å². The van der Waals surface area contributed by atoms with Crippen LogP contribution < -0.4 is 5.32 Å². The van der Waals surface area contributed by atoms with Gasteiger partial charge in [-0.15, -0.1) is 0 Å². The molecule has 0 aliphatic heterocycles. The van der Waals surface area contributed by atoms with E-state index in [4.69, 9.17) is 0 Å². The van der Waals surface area contributed by atoms with Gasteiger partial charge in [0.2, 0.25) is 0 Å². The lowest BCUT2D eigenvalue weighted by Crippen LogP contribution is -2.30. The zero-order valence-electron chi connectivity index (χ0n) is 12.1. The molecule has 2 aliphatic rings. The number of rotatable bonds is 3. The number of aryl methyl sites for hydroxylation is 1. The Balaban J connectivity index is 1.58. The smallest absolute Gasteiger partial charge is 0.163 e. The molecule has 106 valence electrons. The molecule has 2 fully saturated rings. The third-order valence-corrected chi connectivity index (χ3v) is 5.33. The number of fused-ring (bicyclic) bond motifs is 3. The summed E-state index contributed by atoms with van der Waals surface area (Å²) in [5.74, 6) is 3.64. The molecule has 2 aromatic rings. The van der Waals surface area contributed by atoms with Gasteiger partial charge < -0.3 is 5.32 Å². The van der Waals surface area contributed by atoms with E-state index in [1.165, 1.54) is 25.7 Å². The summed E-state index contributed by atoms with van der Waals surface area (Å²) in [5.41, 5.74) is 0.891. The van der Waals surface area contributed by atoms with E-state index in [0.29, 0.717) is 6.04 Å². The lowest BCUT2D eigenvalue weighted by molar-refractivity contribution is 0.304. The van der Waals surface area contributed by atoms with Gasteiger partial charge in [0.25, 0.3) is 0 Å². The summed E-state index contributed by atoms with van der Waals surface area (Å²) in [7, 11) is 1.92. The molecule has 5 nitrogen and oxygen atoms in total. The molecule has 0 aromatic carbocycles. The van der Waals surface area contributed by atoms with Crippen molar-refractivity contribution >= 4 is 16.9 Å². The fourth-order valence-corrected chi connectivity index (χ4v) is 4.31. The molecular weight excluding hydrogens is 250 g/mol. The van der Waals surface area contributed by atoms with Gasteiger partial charge in [-0.3, -0.25) is 4.68 Å². The quantitative estimate of drug-likeness (QED) is 0.932. The predicted molar refractivity (Wildman–Crippen MR) is 78.3 cm³/mol. The summed E-state index contributed by atoms with van der Waals surface area (Å²) in [4.78, 5) is 8.71. The van der Waals surface area contributed by atoms with E-state index in [2.05, 4.69) is 27.3 Å². The normalized spacial score (nSPS) is 30.0. The Hall–Kier alpha value is -1.65. The molecule has 0 unspecified atom stereocenters. The molecule has 0 radical (unpaired) electrons. The summed E-state index contributed by atoms with van der Waals surface area (Å²) in [5, 5.41) is 8.91. The van der Waals surface area contributed by atoms with Gasteiger partial charge in [0.05, 0.1) is 11.6 Å². The number of hydrogen-bond acceptors (Lipinski definition) is 4. The van der Waals surface area contributed by atoms with Crippen molar-refractivity contribution in [3.63, 3.8) is 0 Å². The predicted octanol–water partition coefficient (Wildman–Crippen LogP) is 2.60. The maximum absolute atomic E-state index is 4.42. The highest BCUT2D eigenvalue weighted by atomic mass is 15.3. The molecule has 2 aliphatic carbocycles. The Morgan fingerprint density at radius 2 is 2.20 bits per heavy atom. The van der Waals surface area contributed by atoms with Crippen molar-refractivity contribution < 1.29 is 0 Å². The van der Waals surface area contributed by atoms with Crippen molar-refractivity contribution in [2.75, 3.05) is 5.32 Å². The average Bonchev–Trinajstić information content (AvgIpc) is 3.15. The molecule has 2 aromatic heterocycles. The van der Waals surface area contributed by atoms with E-state index < -0.39 is 0 Å². The van der Waals surface area contributed by atoms with E-state index in [1.807, 2.05) is 13.2 Å². The van der Waals surface area contributed by atoms with Gasteiger partial charge in [-0.05, 0) is 43.9 Å². The second-order valence-corrected chi connectivity index (χ2v) is 6.50. The Bertz CT molecular complexity index is 634. The van der Waals surface area contributed by atoms with E-state index >= 15 is 0 Å². The fraction of sp³-hybridized carbons (Fsp3) is 0.667. The van der Waals surface area contributed by atoms with E-state index in [1.54, 1.807) is 11.0 Å². The minimum atomic E-state index is 0.476. The van der Waals surface area contributed by atoms with Crippen LogP contribution in [0.4, 0.5) is 5.82 Å². The molecule has 2 heterocycles. The summed E-state index contributed by atoms with van der Waals surface area (Å²) in [6, 6.07) is 0.476. The van der Waals surface area contributed by atoms with E-state index in [-0.39, 0.29) is 0 Å². The van der Waals surface area contributed by atoms with Gasteiger partial charge in [-0.2, -0.15) is 5.10 Å². The first kappa shape index (κ1) is 12.1. The lowest BCUT2D eigenvalue weighted by Gasteiger charge is -2.29. The molecule has 20 heavy (non-hydrogen) atoms.